The van der Waals surface area contributed by atoms with Crippen molar-refractivity contribution in [3.8, 4) is 0 Å². The third-order valence-corrected chi connectivity index (χ3v) is 6.03. The molecule has 0 aliphatic carbocycles. The standard InChI is InChI=1S/C11H22ClNO3S/c1-10(2)17(14,15)8-5-13-11(9-12)3-6-16-7-4-11/h10,13H,3-9H2,1-2H3. The third-order valence-electron chi connectivity index (χ3n) is 3.31. The van der Waals surface area contributed by atoms with Crippen LogP contribution in [-0.4, -0.2) is 50.6 Å². The molecule has 4 nitrogen and oxygen atoms in total. The second-order valence-electron chi connectivity index (χ2n) is 4.87. The zero-order valence-electron chi connectivity index (χ0n) is 10.5. The molecule has 0 radical (unpaired) electrons. The molecule has 0 spiro atoms. The summed E-state index contributed by atoms with van der Waals surface area (Å²) in [6.07, 6.45) is 1.69. The molecule has 17 heavy (non-hydrogen) atoms. The van der Waals surface area contributed by atoms with E-state index in [0.717, 1.165) is 12.8 Å². The minimum atomic E-state index is -2.97. The van der Waals surface area contributed by atoms with Gasteiger partial charge in [0.25, 0.3) is 0 Å². The summed E-state index contributed by atoms with van der Waals surface area (Å²) in [5, 5.41) is 2.99. The Morgan fingerprint density at radius 1 is 1.35 bits per heavy atom. The molecule has 102 valence electrons. The average Bonchev–Trinajstić information content (AvgIpc) is 2.30. The van der Waals surface area contributed by atoms with E-state index in [4.69, 9.17) is 16.3 Å². The van der Waals surface area contributed by atoms with E-state index in [1.54, 1.807) is 13.8 Å². The Hall–Kier alpha value is 0.160. The average molecular weight is 284 g/mol. The number of hydrogen-bond acceptors (Lipinski definition) is 4. The maximum absolute atomic E-state index is 11.7. The van der Waals surface area contributed by atoms with Gasteiger partial charge >= 0.3 is 0 Å². The summed E-state index contributed by atoms with van der Waals surface area (Å²) in [5.41, 5.74) is -0.147. The minimum Gasteiger partial charge on any atom is -0.381 e. The van der Waals surface area contributed by atoms with Crippen LogP contribution in [0.15, 0.2) is 0 Å². The van der Waals surface area contributed by atoms with Gasteiger partial charge in [0.2, 0.25) is 0 Å². The third kappa shape index (κ3) is 4.39. The summed E-state index contributed by atoms with van der Waals surface area (Å²) in [5.74, 6) is 0.669. The van der Waals surface area contributed by atoms with Crippen LogP contribution < -0.4 is 5.32 Å². The van der Waals surface area contributed by atoms with E-state index in [1.807, 2.05) is 0 Å². The molecular weight excluding hydrogens is 262 g/mol. The van der Waals surface area contributed by atoms with Crippen molar-refractivity contribution in [1.29, 1.82) is 0 Å². The summed E-state index contributed by atoms with van der Waals surface area (Å²) in [4.78, 5) is 0. The van der Waals surface area contributed by atoms with E-state index in [1.165, 1.54) is 0 Å². The molecule has 6 heteroatoms. The molecule has 1 aliphatic heterocycles. The molecule has 1 fully saturated rings. The molecule has 0 saturated carbocycles. The first-order valence-electron chi connectivity index (χ1n) is 6.02. The second kappa shape index (κ2) is 6.36. The highest BCUT2D eigenvalue weighted by Crippen LogP contribution is 2.22. The van der Waals surface area contributed by atoms with Crippen molar-refractivity contribution in [3.05, 3.63) is 0 Å². The summed E-state index contributed by atoms with van der Waals surface area (Å²) in [7, 11) is -2.97. The fourth-order valence-corrected chi connectivity index (χ4v) is 3.03. The van der Waals surface area contributed by atoms with E-state index in [2.05, 4.69) is 5.32 Å². The van der Waals surface area contributed by atoms with Gasteiger partial charge in [-0.15, -0.1) is 11.6 Å². The van der Waals surface area contributed by atoms with Gasteiger partial charge in [0.1, 0.15) is 0 Å². The van der Waals surface area contributed by atoms with Crippen LogP contribution in [0.2, 0.25) is 0 Å². The van der Waals surface area contributed by atoms with Crippen LogP contribution >= 0.6 is 11.6 Å². The summed E-state index contributed by atoms with van der Waals surface area (Å²) < 4.78 is 28.6. The Morgan fingerprint density at radius 2 is 1.94 bits per heavy atom. The molecule has 0 unspecified atom stereocenters. The highest BCUT2D eigenvalue weighted by atomic mass is 35.5. The van der Waals surface area contributed by atoms with Gasteiger partial charge in [-0.1, -0.05) is 0 Å². The molecule has 0 aromatic rings. The highest BCUT2D eigenvalue weighted by molar-refractivity contribution is 7.92. The van der Waals surface area contributed by atoms with Crippen molar-refractivity contribution in [2.45, 2.75) is 37.5 Å². The number of hydrogen-bond donors (Lipinski definition) is 1. The Kier molecular flexibility index (Phi) is 5.70. The number of sulfone groups is 1. The molecule has 1 saturated heterocycles. The zero-order chi connectivity index (χ0) is 12.9. The quantitative estimate of drug-likeness (QED) is 0.744. The summed E-state index contributed by atoms with van der Waals surface area (Å²) >= 11 is 5.98. The van der Waals surface area contributed by atoms with Gasteiger partial charge in [-0.05, 0) is 26.7 Å². The van der Waals surface area contributed by atoms with Crippen molar-refractivity contribution < 1.29 is 13.2 Å². The van der Waals surface area contributed by atoms with E-state index >= 15 is 0 Å². The first-order chi connectivity index (χ1) is 7.92. The van der Waals surface area contributed by atoms with Crippen LogP contribution in [0.4, 0.5) is 0 Å². The SMILES string of the molecule is CC(C)S(=O)(=O)CCNC1(CCl)CCOCC1. The van der Waals surface area contributed by atoms with Crippen molar-refractivity contribution >= 4 is 21.4 Å². The van der Waals surface area contributed by atoms with Crippen molar-refractivity contribution in [2.24, 2.45) is 0 Å². The number of ether oxygens (including phenoxy) is 1. The van der Waals surface area contributed by atoms with Gasteiger partial charge in [0.05, 0.1) is 11.0 Å². The van der Waals surface area contributed by atoms with Gasteiger partial charge in [0, 0.05) is 31.2 Å². The largest absolute Gasteiger partial charge is 0.381 e. The van der Waals surface area contributed by atoms with E-state index < -0.39 is 9.84 Å². The van der Waals surface area contributed by atoms with Gasteiger partial charge in [0.15, 0.2) is 9.84 Å². The fraction of sp³-hybridized carbons (Fsp3) is 1.00. The van der Waals surface area contributed by atoms with E-state index in [-0.39, 0.29) is 16.5 Å². The van der Waals surface area contributed by atoms with Crippen LogP contribution in [0.3, 0.4) is 0 Å². The maximum Gasteiger partial charge on any atom is 0.153 e. The lowest BCUT2D eigenvalue weighted by Crippen LogP contribution is -2.52. The normalized spacial score (nSPS) is 20.7. The van der Waals surface area contributed by atoms with Crippen molar-refractivity contribution in [2.75, 3.05) is 31.4 Å². The lowest BCUT2D eigenvalue weighted by Gasteiger charge is -2.36. The first-order valence-corrected chi connectivity index (χ1v) is 8.27. The molecule has 0 bridgehead atoms. The molecule has 0 atom stereocenters. The Morgan fingerprint density at radius 3 is 2.41 bits per heavy atom. The van der Waals surface area contributed by atoms with Crippen LogP contribution in [0.1, 0.15) is 26.7 Å². The second-order valence-corrected chi connectivity index (χ2v) is 7.81. The summed E-state index contributed by atoms with van der Waals surface area (Å²) in [6.45, 7) is 5.27. The Bertz CT molecular complexity index is 324. The topological polar surface area (TPSA) is 55.4 Å². The van der Waals surface area contributed by atoms with Gasteiger partial charge < -0.3 is 10.1 Å². The number of rotatable bonds is 6. The van der Waals surface area contributed by atoms with Gasteiger partial charge in [-0.25, -0.2) is 8.42 Å². The molecule has 1 N–H and O–H groups in total. The van der Waals surface area contributed by atoms with Crippen LogP contribution in [0.5, 0.6) is 0 Å². The molecular formula is C11H22ClNO3S. The van der Waals surface area contributed by atoms with Crippen LogP contribution in [0.25, 0.3) is 0 Å². The van der Waals surface area contributed by atoms with Crippen LogP contribution in [0, 0.1) is 0 Å². The van der Waals surface area contributed by atoms with E-state index in [9.17, 15) is 8.42 Å². The minimum absolute atomic E-state index is 0.147. The first kappa shape index (κ1) is 15.2. The van der Waals surface area contributed by atoms with Crippen LogP contribution in [-0.2, 0) is 14.6 Å². The summed E-state index contributed by atoms with van der Waals surface area (Å²) in [6, 6.07) is 0. The maximum atomic E-state index is 11.7. The smallest absolute Gasteiger partial charge is 0.153 e. The fourth-order valence-electron chi connectivity index (χ4n) is 1.81. The predicted molar refractivity (Wildman–Crippen MR) is 70.4 cm³/mol. The van der Waals surface area contributed by atoms with Crippen molar-refractivity contribution in [3.63, 3.8) is 0 Å². The number of halogens is 1. The molecule has 1 aliphatic rings. The Labute approximate surface area is 109 Å². The molecule has 0 aromatic carbocycles. The predicted octanol–water partition coefficient (Wildman–Crippen LogP) is 1.19. The lowest BCUT2D eigenvalue weighted by molar-refractivity contribution is 0.0474. The monoisotopic (exact) mass is 283 g/mol. The molecule has 1 rings (SSSR count). The molecule has 0 amide bonds. The number of alkyl halides is 1. The Balaban J connectivity index is 2.43. The number of nitrogens with one attached hydrogen (secondary N) is 1. The molecule has 0 aromatic heterocycles. The lowest BCUT2D eigenvalue weighted by atomic mass is 9.92. The van der Waals surface area contributed by atoms with Gasteiger partial charge in [-0.3, -0.25) is 0 Å². The van der Waals surface area contributed by atoms with E-state index in [0.29, 0.717) is 25.6 Å². The zero-order valence-corrected chi connectivity index (χ0v) is 12.1. The van der Waals surface area contributed by atoms with Gasteiger partial charge in [-0.2, -0.15) is 0 Å². The molecule has 1 heterocycles. The van der Waals surface area contributed by atoms with Crippen molar-refractivity contribution in [1.82, 2.24) is 5.32 Å². The highest BCUT2D eigenvalue weighted by Gasteiger charge is 2.31.